The van der Waals surface area contributed by atoms with Gasteiger partial charge in [0.05, 0.1) is 22.8 Å². The number of carbonyl (C=O) groups is 1. The molecule has 0 bridgehead atoms. The first-order valence-corrected chi connectivity index (χ1v) is 11.6. The number of anilines is 1. The van der Waals surface area contributed by atoms with Gasteiger partial charge in [-0.3, -0.25) is 9.36 Å². The van der Waals surface area contributed by atoms with Gasteiger partial charge in [-0.1, -0.05) is 48.2 Å². The van der Waals surface area contributed by atoms with Crippen molar-refractivity contribution >= 4 is 23.5 Å². The Balaban J connectivity index is 1.33. The molecule has 8 heteroatoms. The molecule has 0 aliphatic heterocycles. The Labute approximate surface area is 190 Å². The number of para-hydroxylation sites is 2. The second-order valence-corrected chi connectivity index (χ2v) is 8.91. The van der Waals surface area contributed by atoms with Gasteiger partial charge in [0.15, 0.2) is 5.16 Å². The second kappa shape index (κ2) is 8.63. The maximum Gasteiger partial charge on any atom is 0.236 e. The van der Waals surface area contributed by atoms with Crippen LogP contribution in [0.3, 0.4) is 0 Å². The molecule has 2 aromatic heterocycles. The lowest BCUT2D eigenvalue weighted by Gasteiger charge is -2.11. The summed E-state index contributed by atoms with van der Waals surface area (Å²) in [4.78, 5) is 12.9. The molecule has 1 amide bonds. The average Bonchev–Trinajstić information content (AvgIpc) is 3.47. The number of thioether (sulfide) groups is 1. The van der Waals surface area contributed by atoms with E-state index in [1.54, 1.807) is 0 Å². The second-order valence-electron chi connectivity index (χ2n) is 7.96. The summed E-state index contributed by atoms with van der Waals surface area (Å²) in [6.07, 6.45) is 2.31. The molecule has 162 valence electrons. The van der Waals surface area contributed by atoms with Crippen LogP contribution in [-0.2, 0) is 4.79 Å². The minimum atomic E-state index is -0.105. The van der Waals surface area contributed by atoms with Crippen LogP contribution in [0.25, 0.3) is 11.4 Å². The number of aryl methyl sites for hydroxylation is 2. The quantitative estimate of drug-likeness (QED) is 0.419. The first-order chi connectivity index (χ1) is 15.6. The third kappa shape index (κ3) is 4.18. The molecule has 0 unspecified atom stereocenters. The molecule has 2 aromatic carbocycles. The Morgan fingerprint density at radius 3 is 2.56 bits per heavy atom. The number of aromatic nitrogens is 5. The van der Waals surface area contributed by atoms with Crippen LogP contribution < -0.4 is 5.32 Å². The van der Waals surface area contributed by atoms with Crippen molar-refractivity contribution in [3.63, 3.8) is 0 Å². The highest BCUT2D eigenvalue weighted by Crippen LogP contribution is 2.40. The van der Waals surface area contributed by atoms with Crippen LogP contribution >= 0.6 is 11.8 Å². The van der Waals surface area contributed by atoms with E-state index < -0.39 is 0 Å². The van der Waals surface area contributed by atoms with Crippen molar-refractivity contribution in [3.8, 4) is 11.4 Å². The van der Waals surface area contributed by atoms with Gasteiger partial charge in [0, 0.05) is 12.0 Å². The summed E-state index contributed by atoms with van der Waals surface area (Å²) in [5, 5.41) is 17.0. The van der Waals surface area contributed by atoms with Crippen LogP contribution in [0.2, 0.25) is 0 Å². The number of nitrogens with one attached hydrogen (secondary N) is 1. The number of nitrogens with zero attached hydrogens (tertiary/aromatic N) is 5. The zero-order valence-electron chi connectivity index (χ0n) is 18.0. The van der Waals surface area contributed by atoms with Crippen LogP contribution in [-0.4, -0.2) is 36.2 Å². The van der Waals surface area contributed by atoms with Crippen molar-refractivity contribution < 1.29 is 4.79 Å². The van der Waals surface area contributed by atoms with Gasteiger partial charge in [-0.15, -0.1) is 10.2 Å². The third-order valence-corrected chi connectivity index (χ3v) is 6.40. The summed E-state index contributed by atoms with van der Waals surface area (Å²) in [5.74, 6) is 2.11. The highest BCUT2D eigenvalue weighted by Gasteiger charge is 2.28. The molecular formula is C24H24N6OS. The summed E-state index contributed by atoms with van der Waals surface area (Å²) in [5.41, 5.74) is 4.11. The molecule has 1 aliphatic rings. The zero-order valence-corrected chi connectivity index (χ0v) is 18.8. The molecule has 1 saturated carbocycles. The number of hydrogen-bond donors (Lipinski definition) is 1. The Kier molecular flexibility index (Phi) is 5.53. The van der Waals surface area contributed by atoms with Gasteiger partial charge in [0.2, 0.25) is 5.91 Å². The Morgan fingerprint density at radius 1 is 1.06 bits per heavy atom. The van der Waals surface area contributed by atoms with Crippen molar-refractivity contribution in [2.45, 2.75) is 37.8 Å². The fourth-order valence-corrected chi connectivity index (χ4v) is 4.46. The van der Waals surface area contributed by atoms with Gasteiger partial charge >= 0.3 is 0 Å². The van der Waals surface area contributed by atoms with Crippen molar-refractivity contribution in [2.24, 2.45) is 0 Å². The molecule has 0 spiro atoms. The molecule has 1 N–H and O–H groups in total. The van der Waals surface area contributed by atoms with Crippen LogP contribution in [0.15, 0.2) is 65.8 Å². The highest BCUT2D eigenvalue weighted by atomic mass is 32.2. The topological polar surface area (TPSA) is 77.6 Å². The van der Waals surface area contributed by atoms with E-state index in [9.17, 15) is 4.79 Å². The summed E-state index contributed by atoms with van der Waals surface area (Å²) in [6.45, 7) is 3.97. The lowest BCUT2D eigenvalue weighted by Crippen LogP contribution is -2.17. The first kappa shape index (κ1) is 20.5. The maximum absolute atomic E-state index is 12.9. The number of carbonyl (C=O) groups excluding carboxylic acids is 1. The van der Waals surface area contributed by atoms with E-state index in [1.807, 2.05) is 70.8 Å². The summed E-state index contributed by atoms with van der Waals surface area (Å²) in [7, 11) is 0. The minimum absolute atomic E-state index is 0.105. The normalized spacial score (nSPS) is 13.3. The minimum Gasteiger partial charge on any atom is -0.310 e. The lowest BCUT2D eigenvalue weighted by atomic mass is 10.2. The highest BCUT2D eigenvalue weighted by molar-refractivity contribution is 7.99. The van der Waals surface area contributed by atoms with Crippen LogP contribution in [0, 0.1) is 13.8 Å². The van der Waals surface area contributed by atoms with Crippen molar-refractivity contribution in [2.75, 3.05) is 11.1 Å². The Hall–Kier alpha value is -3.39. The zero-order chi connectivity index (χ0) is 22.1. The van der Waals surface area contributed by atoms with E-state index in [0.29, 0.717) is 16.9 Å². The van der Waals surface area contributed by atoms with Crippen LogP contribution in [0.4, 0.5) is 5.82 Å². The van der Waals surface area contributed by atoms with E-state index in [0.717, 1.165) is 41.3 Å². The van der Waals surface area contributed by atoms with Crippen LogP contribution in [0.1, 0.15) is 35.8 Å². The Morgan fingerprint density at radius 2 is 1.81 bits per heavy atom. The van der Waals surface area contributed by atoms with Crippen molar-refractivity contribution in [3.05, 3.63) is 77.7 Å². The van der Waals surface area contributed by atoms with E-state index in [2.05, 4.69) is 28.5 Å². The van der Waals surface area contributed by atoms with E-state index in [1.165, 1.54) is 11.8 Å². The molecule has 0 saturated heterocycles. The number of amides is 1. The number of hydrogen-bond acceptors (Lipinski definition) is 5. The number of rotatable bonds is 7. The molecule has 1 fully saturated rings. The number of benzene rings is 2. The van der Waals surface area contributed by atoms with E-state index in [4.69, 9.17) is 5.10 Å². The van der Waals surface area contributed by atoms with Gasteiger partial charge < -0.3 is 5.32 Å². The van der Waals surface area contributed by atoms with Gasteiger partial charge in [-0.05, 0) is 50.5 Å². The molecule has 0 radical (unpaired) electrons. The standard InChI is InChI=1S/C24H24N6OS/c1-16-8-6-7-11-21(16)29-17(2)26-27-24(29)32-15-23(31)25-22-14-20(18-12-13-18)28-30(22)19-9-4-3-5-10-19/h3-11,14,18H,12-13,15H2,1-2H3,(H,25,31). The van der Waals surface area contributed by atoms with Crippen molar-refractivity contribution in [1.82, 2.24) is 24.5 Å². The predicted octanol–water partition coefficient (Wildman–Crippen LogP) is 4.68. The molecule has 7 nitrogen and oxygen atoms in total. The first-order valence-electron chi connectivity index (χ1n) is 10.7. The fourth-order valence-electron chi connectivity index (χ4n) is 3.67. The fraction of sp³-hybridized carbons (Fsp3) is 0.250. The molecule has 0 atom stereocenters. The SMILES string of the molecule is Cc1ccccc1-n1c(C)nnc1SCC(=O)Nc1cc(C2CC2)nn1-c1ccccc1. The van der Waals surface area contributed by atoms with Crippen molar-refractivity contribution in [1.29, 1.82) is 0 Å². The van der Waals surface area contributed by atoms with Crippen LogP contribution in [0.5, 0.6) is 0 Å². The summed E-state index contributed by atoms with van der Waals surface area (Å²) >= 11 is 1.37. The van der Waals surface area contributed by atoms with Gasteiger partial charge in [-0.2, -0.15) is 5.10 Å². The van der Waals surface area contributed by atoms with Gasteiger partial charge in [0.25, 0.3) is 0 Å². The van der Waals surface area contributed by atoms with E-state index in [-0.39, 0.29) is 11.7 Å². The molecule has 1 aliphatic carbocycles. The molecule has 5 rings (SSSR count). The molecule has 32 heavy (non-hydrogen) atoms. The molecule has 2 heterocycles. The lowest BCUT2D eigenvalue weighted by molar-refractivity contribution is -0.113. The largest absolute Gasteiger partial charge is 0.310 e. The summed E-state index contributed by atoms with van der Waals surface area (Å²) < 4.78 is 3.81. The summed E-state index contributed by atoms with van der Waals surface area (Å²) in [6, 6.07) is 20.0. The maximum atomic E-state index is 12.9. The third-order valence-electron chi connectivity index (χ3n) is 5.48. The van der Waals surface area contributed by atoms with E-state index >= 15 is 0 Å². The average molecular weight is 445 g/mol. The predicted molar refractivity (Wildman–Crippen MR) is 126 cm³/mol. The van der Waals surface area contributed by atoms with Gasteiger partial charge in [0.1, 0.15) is 11.6 Å². The monoisotopic (exact) mass is 444 g/mol. The molecule has 4 aromatic rings. The molecular weight excluding hydrogens is 420 g/mol. The van der Waals surface area contributed by atoms with Gasteiger partial charge in [-0.25, -0.2) is 4.68 Å². The smallest absolute Gasteiger partial charge is 0.236 e. The Bertz CT molecular complexity index is 1260.